The fourth-order valence-electron chi connectivity index (χ4n) is 3.25. The molecule has 1 spiro atoms. The molecular weight excluding hydrogens is 296 g/mol. The molecule has 0 aliphatic carbocycles. The Morgan fingerprint density at radius 1 is 1.26 bits per heavy atom. The first kappa shape index (κ1) is 16.4. The number of benzene rings is 1. The summed E-state index contributed by atoms with van der Waals surface area (Å²) in [7, 11) is 0. The van der Waals surface area contributed by atoms with Crippen LogP contribution < -0.4 is 0 Å². The first-order valence-electron chi connectivity index (χ1n) is 8.32. The van der Waals surface area contributed by atoms with Gasteiger partial charge in [-0.05, 0) is 24.8 Å². The lowest BCUT2D eigenvalue weighted by molar-refractivity contribution is -0.372. The highest BCUT2D eigenvalue weighted by atomic mass is 16.8. The summed E-state index contributed by atoms with van der Waals surface area (Å²) in [5.41, 5.74) is 1.13. The maximum absolute atomic E-state index is 11.2. The minimum atomic E-state index is -0.786. The number of carbonyl (C=O) groups excluding carboxylic acids is 1. The zero-order chi connectivity index (χ0) is 16.1. The van der Waals surface area contributed by atoms with Gasteiger partial charge in [0.25, 0.3) is 0 Å². The lowest BCUT2D eigenvalue weighted by atomic mass is 9.93. The van der Waals surface area contributed by atoms with E-state index >= 15 is 0 Å². The van der Waals surface area contributed by atoms with Gasteiger partial charge in [0.2, 0.25) is 6.29 Å². The summed E-state index contributed by atoms with van der Waals surface area (Å²) in [6, 6.07) is 10.1. The zero-order valence-electron chi connectivity index (χ0n) is 13.5. The number of hydrogen-bond acceptors (Lipinski definition) is 5. The molecule has 3 rings (SSSR count). The van der Waals surface area contributed by atoms with Crippen molar-refractivity contribution in [1.82, 2.24) is 0 Å². The summed E-state index contributed by atoms with van der Waals surface area (Å²) in [5, 5.41) is 0. The first-order valence-corrected chi connectivity index (χ1v) is 8.32. The quantitative estimate of drug-likeness (QED) is 0.798. The second-order valence-corrected chi connectivity index (χ2v) is 6.14. The molecule has 2 aliphatic heterocycles. The Balaban J connectivity index is 1.66. The molecule has 0 aromatic heterocycles. The Labute approximate surface area is 136 Å². The highest BCUT2D eigenvalue weighted by molar-refractivity contribution is 5.66. The molecule has 0 amide bonds. The summed E-state index contributed by atoms with van der Waals surface area (Å²) in [4.78, 5) is 11.2. The average Bonchev–Trinajstić information content (AvgIpc) is 2.55. The van der Waals surface area contributed by atoms with Crippen LogP contribution in [0.4, 0.5) is 0 Å². The van der Waals surface area contributed by atoms with Crippen molar-refractivity contribution in [2.75, 3.05) is 6.61 Å². The van der Waals surface area contributed by atoms with Crippen LogP contribution in [0.1, 0.15) is 44.6 Å². The summed E-state index contributed by atoms with van der Waals surface area (Å²) in [5.74, 6) is -1.12. The standard InChI is InChI=1S/C18H24O5/c1-14(19)22-17-10-9-16(18(23-17)11-5-6-12-21-18)20-13-15-7-3-2-4-8-15/h2-4,7-8,16-17H,5-6,9-13H2,1H3/t16-,17+,18+/m1/s1. The van der Waals surface area contributed by atoms with Crippen molar-refractivity contribution in [3.63, 3.8) is 0 Å². The van der Waals surface area contributed by atoms with E-state index in [1.54, 1.807) is 0 Å². The molecule has 3 atom stereocenters. The Morgan fingerprint density at radius 3 is 2.78 bits per heavy atom. The molecule has 2 fully saturated rings. The van der Waals surface area contributed by atoms with Gasteiger partial charge < -0.3 is 18.9 Å². The van der Waals surface area contributed by atoms with Crippen molar-refractivity contribution in [3.8, 4) is 0 Å². The van der Waals surface area contributed by atoms with Gasteiger partial charge in [-0.25, -0.2) is 0 Å². The average molecular weight is 320 g/mol. The summed E-state index contributed by atoms with van der Waals surface area (Å²) >= 11 is 0. The van der Waals surface area contributed by atoms with E-state index in [-0.39, 0.29) is 12.1 Å². The van der Waals surface area contributed by atoms with Gasteiger partial charge >= 0.3 is 5.97 Å². The van der Waals surface area contributed by atoms with E-state index in [0.717, 1.165) is 31.2 Å². The Bertz CT molecular complexity index is 509. The lowest BCUT2D eigenvalue weighted by Gasteiger charge is -2.47. The monoisotopic (exact) mass is 320 g/mol. The number of ether oxygens (including phenoxy) is 4. The normalized spacial score (nSPS) is 31.0. The third-order valence-corrected chi connectivity index (χ3v) is 4.34. The van der Waals surface area contributed by atoms with Crippen molar-refractivity contribution >= 4 is 5.97 Å². The van der Waals surface area contributed by atoms with Crippen LogP contribution in [-0.2, 0) is 30.3 Å². The second kappa shape index (κ2) is 7.43. The predicted octanol–water partition coefficient (Wildman–Crippen LogP) is 3.17. The van der Waals surface area contributed by atoms with Crippen molar-refractivity contribution < 1.29 is 23.7 Å². The van der Waals surface area contributed by atoms with Crippen LogP contribution >= 0.6 is 0 Å². The van der Waals surface area contributed by atoms with Crippen molar-refractivity contribution in [1.29, 1.82) is 0 Å². The maximum atomic E-state index is 11.2. The fourth-order valence-corrected chi connectivity index (χ4v) is 3.25. The molecule has 5 nitrogen and oxygen atoms in total. The van der Waals surface area contributed by atoms with E-state index in [0.29, 0.717) is 19.6 Å². The van der Waals surface area contributed by atoms with E-state index in [4.69, 9.17) is 18.9 Å². The minimum absolute atomic E-state index is 0.144. The summed E-state index contributed by atoms with van der Waals surface area (Å²) in [6.07, 6.45) is 3.52. The topological polar surface area (TPSA) is 54.0 Å². The molecule has 0 N–H and O–H groups in total. The number of carbonyl (C=O) groups is 1. The smallest absolute Gasteiger partial charge is 0.304 e. The molecule has 126 valence electrons. The fraction of sp³-hybridized carbons (Fsp3) is 0.611. The van der Waals surface area contributed by atoms with Gasteiger partial charge in [-0.1, -0.05) is 30.3 Å². The van der Waals surface area contributed by atoms with Crippen molar-refractivity contribution in [2.45, 2.75) is 63.8 Å². The molecule has 0 bridgehead atoms. The van der Waals surface area contributed by atoms with Crippen LogP contribution in [0.5, 0.6) is 0 Å². The van der Waals surface area contributed by atoms with E-state index in [1.165, 1.54) is 6.92 Å². The van der Waals surface area contributed by atoms with Crippen LogP contribution in [0.25, 0.3) is 0 Å². The molecule has 0 unspecified atom stereocenters. The van der Waals surface area contributed by atoms with Gasteiger partial charge in [0.15, 0.2) is 5.79 Å². The van der Waals surface area contributed by atoms with Crippen molar-refractivity contribution in [2.24, 2.45) is 0 Å². The summed E-state index contributed by atoms with van der Waals surface area (Å²) in [6.45, 7) is 2.58. The zero-order valence-corrected chi connectivity index (χ0v) is 13.5. The van der Waals surface area contributed by atoms with E-state index in [9.17, 15) is 4.79 Å². The van der Waals surface area contributed by atoms with E-state index in [2.05, 4.69) is 0 Å². The van der Waals surface area contributed by atoms with Crippen LogP contribution in [-0.4, -0.2) is 30.8 Å². The highest BCUT2D eigenvalue weighted by Gasteiger charge is 2.49. The predicted molar refractivity (Wildman–Crippen MR) is 83.4 cm³/mol. The Morgan fingerprint density at radius 2 is 2.09 bits per heavy atom. The van der Waals surface area contributed by atoms with Gasteiger partial charge in [-0.3, -0.25) is 4.79 Å². The first-order chi connectivity index (χ1) is 11.2. The molecule has 1 aromatic carbocycles. The molecule has 23 heavy (non-hydrogen) atoms. The van der Waals surface area contributed by atoms with Gasteiger partial charge in [0.05, 0.1) is 13.2 Å². The van der Waals surface area contributed by atoms with Crippen LogP contribution in [0.2, 0.25) is 0 Å². The van der Waals surface area contributed by atoms with Crippen LogP contribution in [0, 0.1) is 0 Å². The molecule has 2 heterocycles. The van der Waals surface area contributed by atoms with Crippen LogP contribution in [0.3, 0.4) is 0 Å². The van der Waals surface area contributed by atoms with Gasteiger partial charge in [-0.15, -0.1) is 0 Å². The van der Waals surface area contributed by atoms with E-state index < -0.39 is 12.1 Å². The van der Waals surface area contributed by atoms with Crippen molar-refractivity contribution in [3.05, 3.63) is 35.9 Å². The molecular formula is C18H24O5. The molecule has 0 radical (unpaired) electrons. The SMILES string of the molecule is CC(=O)O[C@@H]1CC[C@@H](OCc2ccccc2)[C@]2(CCCCO2)O1. The largest absolute Gasteiger partial charge is 0.436 e. The summed E-state index contributed by atoms with van der Waals surface area (Å²) < 4.78 is 23.4. The Kier molecular flexibility index (Phi) is 5.30. The second-order valence-electron chi connectivity index (χ2n) is 6.14. The lowest BCUT2D eigenvalue weighted by Crippen LogP contribution is -2.56. The Hall–Kier alpha value is -1.43. The maximum Gasteiger partial charge on any atom is 0.304 e. The number of esters is 1. The van der Waals surface area contributed by atoms with Gasteiger partial charge in [-0.2, -0.15) is 0 Å². The molecule has 2 saturated heterocycles. The van der Waals surface area contributed by atoms with Crippen LogP contribution in [0.15, 0.2) is 30.3 Å². The molecule has 5 heteroatoms. The van der Waals surface area contributed by atoms with Gasteiger partial charge in [0.1, 0.15) is 6.10 Å². The highest BCUT2D eigenvalue weighted by Crippen LogP contribution is 2.39. The molecule has 2 aliphatic rings. The minimum Gasteiger partial charge on any atom is -0.436 e. The van der Waals surface area contributed by atoms with Gasteiger partial charge in [0, 0.05) is 19.8 Å². The third-order valence-electron chi connectivity index (χ3n) is 4.34. The molecule has 1 aromatic rings. The van der Waals surface area contributed by atoms with E-state index in [1.807, 2.05) is 30.3 Å². The number of hydrogen-bond donors (Lipinski definition) is 0. The number of rotatable bonds is 4. The molecule has 0 saturated carbocycles. The third kappa shape index (κ3) is 4.10.